The lowest BCUT2D eigenvalue weighted by Gasteiger charge is -2.24. The zero-order chi connectivity index (χ0) is 24.4. The number of aromatic amines is 1. The van der Waals surface area contributed by atoms with E-state index >= 15 is 0 Å². The molecule has 1 fully saturated rings. The number of hydrogen-bond acceptors (Lipinski definition) is 6. The Balaban J connectivity index is 1.41. The van der Waals surface area contributed by atoms with Crippen molar-refractivity contribution < 1.29 is 9.13 Å². The normalized spacial score (nSPS) is 15.9. The summed E-state index contributed by atoms with van der Waals surface area (Å²) in [5.41, 5.74) is 4.59. The molecule has 1 atom stereocenters. The second kappa shape index (κ2) is 10.1. The lowest BCUT2D eigenvalue weighted by Crippen LogP contribution is -2.34. The molecule has 0 amide bonds. The van der Waals surface area contributed by atoms with E-state index in [0.29, 0.717) is 37.6 Å². The number of H-pyrrole nitrogens is 1. The molecule has 9 heteroatoms. The summed E-state index contributed by atoms with van der Waals surface area (Å²) in [5, 5.41) is 13.3. The maximum atomic E-state index is 13.3. The van der Waals surface area contributed by atoms with Crippen LogP contribution in [0, 0.1) is 19.7 Å². The summed E-state index contributed by atoms with van der Waals surface area (Å²) >= 11 is 0. The molecule has 0 saturated carbocycles. The van der Waals surface area contributed by atoms with E-state index in [1.807, 2.05) is 13.0 Å². The van der Waals surface area contributed by atoms with E-state index in [2.05, 4.69) is 44.5 Å². The molecule has 3 heterocycles. The van der Waals surface area contributed by atoms with Crippen LogP contribution >= 0.6 is 0 Å². The van der Waals surface area contributed by atoms with Crippen molar-refractivity contribution in [1.82, 2.24) is 30.1 Å². The van der Waals surface area contributed by atoms with Crippen LogP contribution in [0.2, 0.25) is 0 Å². The van der Waals surface area contributed by atoms with Gasteiger partial charge in [0.05, 0.1) is 24.7 Å². The van der Waals surface area contributed by atoms with Crippen LogP contribution in [0.4, 0.5) is 4.39 Å². The monoisotopic (exact) mass is 476 g/mol. The van der Waals surface area contributed by atoms with E-state index in [4.69, 9.17) is 4.74 Å². The topological polar surface area (TPSA) is 88.9 Å². The van der Waals surface area contributed by atoms with Gasteiger partial charge in [-0.15, -0.1) is 5.10 Å². The van der Waals surface area contributed by atoms with Crippen molar-refractivity contribution in [2.45, 2.75) is 52.4 Å². The van der Waals surface area contributed by atoms with Crippen LogP contribution in [0.1, 0.15) is 40.9 Å². The average molecular weight is 477 g/mol. The van der Waals surface area contributed by atoms with Crippen LogP contribution in [0.5, 0.6) is 0 Å². The van der Waals surface area contributed by atoms with Gasteiger partial charge < -0.3 is 9.72 Å². The van der Waals surface area contributed by atoms with Gasteiger partial charge in [-0.05, 0) is 77.9 Å². The van der Waals surface area contributed by atoms with Crippen LogP contribution < -0.4 is 5.56 Å². The third kappa shape index (κ3) is 5.47. The molecule has 1 aliphatic rings. The SMILES string of the molecule is Cc1cc(C)c2[nH]c(=O)c(CN(Cc3nnnn3Cc3ccc(F)cc3)C[C@@H]3CCCO3)cc2c1. The molecule has 1 saturated heterocycles. The number of ether oxygens (including phenoxy) is 1. The van der Waals surface area contributed by atoms with Gasteiger partial charge in [-0.1, -0.05) is 23.8 Å². The van der Waals surface area contributed by atoms with Crippen molar-refractivity contribution in [3.05, 3.63) is 86.7 Å². The molecule has 182 valence electrons. The molecule has 2 aromatic heterocycles. The molecule has 2 aromatic carbocycles. The first-order chi connectivity index (χ1) is 16.9. The van der Waals surface area contributed by atoms with Gasteiger partial charge in [0.25, 0.3) is 5.56 Å². The second-order valence-corrected chi connectivity index (χ2v) is 9.35. The molecule has 0 spiro atoms. The van der Waals surface area contributed by atoms with E-state index in [-0.39, 0.29) is 17.5 Å². The minimum absolute atomic E-state index is 0.0901. The van der Waals surface area contributed by atoms with Gasteiger partial charge in [0.2, 0.25) is 0 Å². The quantitative estimate of drug-likeness (QED) is 0.419. The summed E-state index contributed by atoms with van der Waals surface area (Å²) in [5.74, 6) is 0.399. The first kappa shape index (κ1) is 23.3. The fourth-order valence-electron chi connectivity index (χ4n) is 4.77. The molecule has 0 unspecified atom stereocenters. The average Bonchev–Trinajstić information content (AvgIpc) is 3.49. The van der Waals surface area contributed by atoms with Gasteiger partial charge in [0.15, 0.2) is 5.82 Å². The Morgan fingerprint density at radius 1 is 1.17 bits per heavy atom. The van der Waals surface area contributed by atoms with Crippen LogP contribution in [0.15, 0.2) is 47.3 Å². The third-order valence-electron chi connectivity index (χ3n) is 6.47. The summed E-state index contributed by atoms with van der Waals surface area (Å²) in [4.78, 5) is 18.2. The van der Waals surface area contributed by atoms with Gasteiger partial charge in [0, 0.05) is 25.3 Å². The van der Waals surface area contributed by atoms with Gasteiger partial charge in [0.1, 0.15) is 5.82 Å². The van der Waals surface area contributed by atoms with Crippen molar-refractivity contribution in [3.63, 3.8) is 0 Å². The summed E-state index contributed by atoms with van der Waals surface area (Å²) in [6, 6.07) is 12.5. The molecule has 35 heavy (non-hydrogen) atoms. The van der Waals surface area contributed by atoms with Crippen molar-refractivity contribution >= 4 is 10.9 Å². The Hall–Kier alpha value is -3.43. The molecular formula is C26H29FN6O2. The number of fused-ring (bicyclic) bond motifs is 1. The van der Waals surface area contributed by atoms with E-state index < -0.39 is 0 Å². The number of hydrogen-bond donors (Lipinski definition) is 1. The number of halogens is 1. The summed E-state index contributed by atoms with van der Waals surface area (Å²) in [7, 11) is 0. The highest BCUT2D eigenvalue weighted by Gasteiger charge is 2.22. The van der Waals surface area contributed by atoms with Crippen LogP contribution in [0.25, 0.3) is 10.9 Å². The van der Waals surface area contributed by atoms with Crippen LogP contribution in [-0.2, 0) is 24.4 Å². The largest absolute Gasteiger partial charge is 0.377 e. The van der Waals surface area contributed by atoms with Gasteiger partial charge >= 0.3 is 0 Å². The summed E-state index contributed by atoms with van der Waals surface area (Å²) < 4.78 is 20.9. The third-order valence-corrected chi connectivity index (χ3v) is 6.47. The Kier molecular flexibility index (Phi) is 6.70. The van der Waals surface area contributed by atoms with Crippen LogP contribution in [-0.4, -0.2) is 49.3 Å². The zero-order valence-corrected chi connectivity index (χ0v) is 20.0. The number of rotatable bonds is 8. The minimum atomic E-state index is -0.278. The smallest absolute Gasteiger partial charge is 0.252 e. The Morgan fingerprint density at radius 2 is 2.00 bits per heavy atom. The number of benzene rings is 2. The number of aryl methyl sites for hydroxylation is 2. The molecular weight excluding hydrogens is 447 g/mol. The highest BCUT2D eigenvalue weighted by atomic mass is 19.1. The highest BCUT2D eigenvalue weighted by Crippen LogP contribution is 2.20. The molecule has 4 aromatic rings. The summed E-state index contributed by atoms with van der Waals surface area (Å²) in [6.07, 6.45) is 2.14. The second-order valence-electron chi connectivity index (χ2n) is 9.35. The van der Waals surface area contributed by atoms with Gasteiger partial charge in [-0.3, -0.25) is 9.69 Å². The summed E-state index contributed by atoms with van der Waals surface area (Å²) in [6.45, 7) is 6.84. The maximum absolute atomic E-state index is 13.3. The standard InChI is InChI=1S/C26H29FN6O2/c1-17-10-18(2)25-20(11-17)12-21(26(34)28-25)14-32(15-23-4-3-9-35-23)16-24-29-30-31-33(24)13-19-5-7-22(27)8-6-19/h5-8,10-12,23H,3-4,9,13-16H2,1-2H3,(H,28,34)/t23-/m0/s1. The Bertz CT molecular complexity index is 1380. The van der Waals surface area contributed by atoms with E-state index in [1.54, 1.807) is 16.8 Å². The maximum Gasteiger partial charge on any atom is 0.252 e. The van der Waals surface area contributed by atoms with Crippen molar-refractivity contribution in [2.75, 3.05) is 13.2 Å². The minimum Gasteiger partial charge on any atom is -0.377 e. The predicted octanol–water partition coefficient (Wildman–Crippen LogP) is 3.50. The molecule has 0 bridgehead atoms. The number of tetrazole rings is 1. The number of nitrogens with one attached hydrogen (secondary N) is 1. The lowest BCUT2D eigenvalue weighted by atomic mass is 10.0. The van der Waals surface area contributed by atoms with Gasteiger partial charge in [-0.25, -0.2) is 9.07 Å². The predicted molar refractivity (Wildman–Crippen MR) is 130 cm³/mol. The van der Waals surface area contributed by atoms with E-state index in [9.17, 15) is 9.18 Å². The molecule has 0 aliphatic carbocycles. The first-order valence-electron chi connectivity index (χ1n) is 11.9. The fraction of sp³-hybridized carbons (Fsp3) is 0.385. The van der Waals surface area contributed by atoms with E-state index in [0.717, 1.165) is 47.0 Å². The fourth-order valence-corrected chi connectivity index (χ4v) is 4.77. The lowest BCUT2D eigenvalue weighted by molar-refractivity contribution is 0.0663. The Labute approximate surface area is 202 Å². The van der Waals surface area contributed by atoms with Crippen LogP contribution in [0.3, 0.4) is 0 Å². The highest BCUT2D eigenvalue weighted by molar-refractivity contribution is 5.82. The first-order valence-corrected chi connectivity index (χ1v) is 11.9. The molecule has 0 radical (unpaired) electrons. The van der Waals surface area contributed by atoms with E-state index in [1.165, 1.54) is 12.1 Å². The molecule has 1 N–H and O–H groups in total. The van der Waals surface area contributed by atoms with Crippen molar-refractivity contribution in [3.8, 4) is 0 Å². The number of nitrogens with zero attached hydrogens (tertiary/aromatic N) is 5. The molecule has 8 nitrogen and oxygen atoms in total. The molecule has 1 aliphatic heterocycles. The Morgan fingerprint density at radius 3 is 2.77 bits per heavy atom. The van der Waals surface area contributed by atoms with Crippen molar-refractivity contribution in [2.24, 2.45) is 0 Å². The van der Waals surface area contributed by atoms with Gasteiger partial charge in [-0.2, -0.15) is 0 Å². The van der Waals surface area contributed by atoms with Crippen molar-refractivity contribution in [1.29, 1.82) is 0 Å². The zero-order valence-electron chi connectivity index (χ0n) is 20.0. The number of aromatic nitrogens is 5. The number of pyridine rings is 1. The molecule has 5 rings (SSSR count).